The fourth-order valence-electron chi connectivity index (χ4n) is 7.11. The molecule has 7 atom stereocenters. The Hall–Kier alpha value is -4.14. The number of amides is 3. The minimum Gasteiger partial charge on any atom is -0.458 e. The maximum atomic E-state index is 14.9. The van der Waals surface area contributed by atoms with Crippen LogP contribution in [0.3, 0.4) is 0 Å². The summed E-state index contributed by atoms with van der Waals surface area (Å²) in [7, 11) is 4.90. The smallest absolute Gasteiger partial charge is 0.327 e. The van der Waals surface area contributed by atoms with Crippen molar-refractivity contribution in [3.63, 3.8) is 0 Å². The number of fused-ring (bicyclic) bond motifs is 4. The summed E-state index contributed by atoms with van der Waals surface area (Å²) in [5.41, 5.74) is 0.953. The summed E-state index contributed by atoms with van der Waals surface area (Å²) in [5, 5.41) is 13.6. The quantitative estimate of drug-likeness (QED) is 0.261. The highest BCUT2D eigenvalue weighted by atomic mass is 16.8. The molecule has 2 aromatic rings. The first-order chi connectivity index (χ1) is 22.6. The van der Waals surface area contributed by atoms with Gasteiger partial charge in [-0.1, -0.05) is 54.6 Å². The van der Waals surface area contributed by atoms with Gasteiger partial charge in [-0.15, -0.1) is 0 Å². The van der Waals surface area contributed by atoms with Crippen LogP contribution in [0.1, 0.15) is 23.1 Å². The number of rotatable bonds is 11. The lowest BCUT2D eigenvalue weighted by molar-refractivity contribution is -0.204. The molecule has 7 unspecified atom stereocenters. The van der Waals surface area contributed by atoms with E-state index in [0.717, 1.165) is 16.7 Å². The molecular formula is C34H40N4O9. The highest BCUT2D eigenvalue weighted by Gasteiger charge is 2.75. The Morgan fingerprint density at radius 2 is 1.81 bits per heavy atom. The van der Waals surface area contributed by atoms with Gasteiger partial charge in [0.15, 0.2) is 6.04 Å². The molecule has 13 nitrogen and oxygen atoms in total. The number of ether oxygens (including phenoxy) is 3. The fraction of sp³-hybridized carbons (Fsp3) is 0.471. The van der Waals surface area contributed by atoms with Crippen LogP contribution >= 0.6 is 0 Å². The Bertz CT molecular complexity index is 1530. The van der Waals surface area contributed by atoms with Gasteiger partial charge in [-0.3, -0.25) is 24.0 Å². The first-order valence-corrected chi connectivity index (χ1v) is 15.7. The van der Waals surface area contributed by atoms with Crippen LogP contribution < -0.4 is 5.32 Å². The molecule has 47 heavy (non-hydrogen) atoms. The van der Waals surface area contributed by atoms with Crippen molar-refractivity contribution in [1.29, 1.82) is 0 Å². The Morgan fingerprint density at radius 3 is 2.55 bits per heavy atom. The van der Waals surface area contributed by atoms with Crippen LogP contribution in [0, 0.1) is 5.41 Å². The average molecular weight is 649 g/mol. The summed E-state index contributed by atoms with van der Waals surface area (Å²) >= 11 is 0. The third-order valence-corrected chi connectivity index (χ3v) is 9.39. The van der Waals surface area contributed by atoms with E-state index < -0.39 is 59.7 Å². The number of aliphatic hydroxyl groups is 1. The zero-order valence-electron chi connectivity index (χ0n) is 26.6. The Kier molecular flexibility index (Phi) is 9.44. The van der Waals surface area contributed by atoms with E-state index in [1.807, 2.05) is 54.6 Å². The second-order valence-corrected chi connectivity index (χ2v) is 12.6. The van der Waals surface area contributed by atoms with Gasteiger partial charge in [0.2, 0.25) is 17.7 Å². The summed E-state index contributed by atoms with van der Waals surface area (Å²) in [5.74, 6) is -1.64. The topological polar surface area (TPSA) is 147 Å². The number of carbonyl (C=O) groups excluding carboxylic acids is 4. The van der Waals surface area contributed by atoms with E-state index in [1.165, 1.54) is 20.9 Å². The first-order valence-electron chi connectivity index (χ1n) is 15.7. The molecule has 13 heteroatoms. The lowest BCUT2D eigenvalue weighted by Crippen LogP contribution is -2.70. The van der Waals surface area contributed by atoms with Crippen molar-refractivity contribution < 1.29 is 43.3 Å². The van der Waals surface area contributed by atoms with Crippen molar-refractivity contribution in [2.45, 2.75) is 55.9 Å². The van der Waals surface area contributed by atoms with E-state index in [4.69, 9.17) is 19.0 Å². The number of nitrogens with one attached hydrogen (secondary N) is 1. The van der Waals surface area contributed by atoms with Crippen LogP contribution in [-0.2, 0) is 51.2 Å². The standard InChI is InChI=1S/C34H40N4O9/c1-36(2)26(40)13-12-22-10-7-11-23(16-22)19-38-29-32(42)46-25-18-34(29,30(47-38)28-27(25)44-20-45-28)33(43)37(3)24(31(41)35-14-15-39)17-21-8-5-4-6-9-21/h4-13,16,24-25,27-30,39H,14-15,17-20H2,1-3H3,(H,35,41). The highest BCUT2D eigenvalue weighted by molar-refractivity contribution is 5.96. The number of likely N-dealkylation sites (N-methyl/N-ethyl adjacent to an activating group) is 2. The van der Waals surface area contributed by atoms with E-state index in [0.29, 0.717) is 0 Å². The van der Waals surface area contributed by atoms with Crippen LogP contribution in [0.2, 0.25) is 0 Å². The third-order valence-electron chi connectivity index (χ3n) is 9.39. The average Bonchev–Trinajstić information content (AvgIpc) is 3.70. The molecule has 3 saturated heterocycles. The minimum absolute atomic E-state index is 0.0281. The molecule has 6 rings (SSSR count). The summed E-state index contributed by atoms with van der Waals surface area (Å²) < 4.78 is 17.7. The number of aliphatic hydroxyl groups excluding tert-OH is 1. The van der Waals surface area contributed by atoms with Crippen molar-refractivity contribution >= 4 is 29.8 Å². The molecule has 2 N–H and O–H groups in total. The van der Waals surface area contributed by atoms with Crippen LogP contribution in [0.15, 0.2) is 60.7 Å². The Labute approximate surface area is 272 Å². The maximum Gasteiger partial charge on any atom is 0.327 e. The van der Waals surface area contributed by atoms with E-state index in [-0.39, 0.29) is 45.2 Å². The van der Waals surface area contributed by atoms with E-state index in [9.17, 15) is 24.3 Å². The van der Waals surface area contributed by atoms with Gasteiger partial charge in [0.05, 0.1) is 13.2 Å². The molecule has 4 aliphatic rings. The van der Waals surface area contributed by atoms with Crippen molar-refractivity contribution in [2.24, 2.45) is 5.41 Å². The molecule has 250 valence electrons. The van der Waals surface area contributed by atoms with Gasteiger partial charge in [-0.25, -0.2) is 0 Å². The molecule has 3 aliphatic heterocycles. The summed E-state index contributed by atoms with van der Waals surface area (Å²) in [6, 6.07) is 14.7. The molecule has 0 radical (unpaired) electrons. The minimum atomic E-state index is -1.44. The van der Waals surface area contributed by atoms with Gasteiger partial charge in [0.1, 0.15) is 42.7 Å². The molecule has 0 spiro atoms. The molecule has 3 amide bonds. The highest BCUT2D eigenvalue weighted by Crippen LogP contribution is 2.56. The molecule has 3 heterocycles. The largest absolute Gasteiger partial charge is 0.458 e. The molecule has 4 fully saturated rings. The summed E-state index contributed by atoms with van der Waals surface area (Å²) in [6.45, 7) is -0.129. The third kappa shape index (κ3) is 6.17. The van der Waals surface area contributed by atoms with Crippen LogP contribution in [0.5, 0.6) is 0 Å². The van der Waals surface area contributed by atoms with Gasteiger partial charge in [-0.05, 0) is 22.8 Å². The van der Waals surface area contributed by atoms with Gasteiger partial charge >= 0.3 is 5.97 Å². The van der Waals surface area contributed by atoms with E-state index in [2.05, 4.69) is 5.32 Å². The van der Waals surface area contributed by atoms with Gasteiger partial charge in [0, 0.05) is 46.6 Å². The number of hydrogen-bond donors (Lipinski definition) is 2. The number of esters is 1. The number of benzene rings is 2. The normalized spacial score (nSPS) is 28.4. The number of carbonyl (C=O) groups is 4. The zero-order chi connectivity index (χ0) is 33.3. The van der Waals surface area contributed by atoms with Crippen LogP contribution in [0.25, 0.3) is 6.08 Å². The monoisotopic (exact) mass is 648 g/mol. The van der Waals surface area contributed by atoms with Crippen molar-refractivity contribution in [1.82, 2.24) is 20.2 Å². The fourth-order valence-corrected chi connectivity index (χ4v) is 7.11. The molecule has 2 aromatic carbocycles. The van der Waals surface area contributed by atoms with Crippen molar-refractivity contribution in [3.8, 4) is 0 Å². The van der Waals surface area contributed by atoms with Crippen molar-refractivity contribution in [2.75, 3.05) is 41.1 Å². The predicted molar refractivity (Wildman–Crippen MR) is 167 cm³/mol. The lowest BCUT2D eigenvalue weighted by atomic mass is 9.62. The molecule has 0 aromatic heterocycles. The van der Waals surface area contributed by atoms with Gasteiger partial charge in [0.25, 0.3) is 0 Å². The van der Waals surface area contributed by atoms with E-state index >= 15 is 0 Å². The van der Waals surface area contributed by atoms with Crippen LogP contribution in [0.4, 0.5) is 0 Å². The summed E-state index contributed by atoms with van der Waals surface area (Å²) in [6.07, 6.45) is 0.609. The maximum absolute atomic E-state index is 14.9. The second kappa shape index (κ2) is 13.5. The Balaban J connectivity index is 1.34. The lowest BCUT2D eigenvalue weighted by Gasteiger charge is -2.50. The zero-order valence-corrected chi connectivity index (χ0v) is 26.6. The number of hydrogen-bond acceptors (Lipinski definition) is 10. The van der Waals surface area contributed by atoms with E-state index in [1.54, 1.807) is 27.2 Å². The van der Waals surface area contributed by atoms with Crippen LogP contribution in [-0.4, -0.2) is 121 Å². The first kappa shape index (κ1) is 32.8. The number of hydroxylamine groups is 2. The Morgan fingerprint density at radius 1 is 1.06 bits per heavy atom. The van der Waals surface area contributed by atoms with Gasteiger partial charge in [-0.2, -0.15) is 5.06 Å². The van der Waals surface area contributed by atoms with Crippen molar-refractivity contribution in [3.05, 3.63) is 77.4 Å². The van der Waals surface area contributed by atoms with Gasteiger partial charge < -0.3 is 34.4 Å². The number of nitrogens with zero attached hydrogens (tertiary/aromatic N) is 3. The summed E-state index contributed by atoms with van der Waals surface area (Å²) in [4.78, 5) is 63.8. The molecule has 1 aliphatic carbocycles. The molecule has 2 bridgehead atoms. The molecular weight excluding hydrogens is 608 g/mol. The predicted octanol–water partition coefficient (Wildman–Crippen LogP) is 0.508. The SMILES string of the molecule is CN(C)C(=O)C=Cc1cccc(CN2OC3C4OCOC4C4CC3(C(=O)N(C)C(Cc3ccccc3)C(=O)NCCO)C2C(=O)O4)c1. The molecule has 1 saturated carbocycles. The second-order valence-electron chi connectivity index (χ2n) is 12.6.